The number of hydrogen-bond acceptors (Lipinski definition) is 5. The van der Waals surface area contributed by atoms with Crippen molar-refractivity contribution in [2.75, 3.05) is 13.2 Å². The summed E-state index contributed by atoms with van der Waals surface area (Å²) in [6.45, 7) is 1.35. The van der Waals surface area contributed by atoms with E-state index in [2.05, 4.69) is 10.7 Å². The third kappa shape index (κ3) is 6.05. The zero-order valence-electron chi connectivity index (χ0n) is 16.8. The molecule has 1 aliphatic heterocycles. The molecule has 2 aromatic carbocycles. The number of rotatable bonds is 7. The lowest BCUT2D eigenvalue weighted by molar-refractivity contribution is -0.152. The number of hydrazine groups is 1. The van der Waals surface area contributed by atoms with Gasteiger partial charge in [0.05, 0.1) is 18.5 Å². The molecule has 3 amide bonds. The zero-order valence-corrected chi connectivity index (χ0v) is 17.6. The summed E-state index contributed by atoms with van der Waals surface area (Å²) in [6, 6.07) is 15.3. The highest BCUT2D eigenvalue weighted by Crippen LogP contribution is 2.18. The summed E-state index contributed by atoms with van der Waals surface area (Å²) in [5.74, 6) is -2.78. The lowest BCUT2D eigenvalue weighted by atomic mass is 10.1. The van der Waals surface area contributed by atoms with Crippen molar-refractivity contribution in [1.82, 2.24) is 15.8 Å². The van der Waals surface area contributed by atoms with Crippen LogP contribution in [-0.2, 0) is 19.1 Å². The molecule has 1 heterocycles. The van der Waals surface area contributed by atoms with Gasteiger partial charge in [-0.25, -0.2) is 0 Å². The first kappa shape index (κ1) is 22.3. The molecule has 1 fully saturated rings. The Balaban J connectivity index is 1.45. The third-order valence-corrected chi connectivity index (χ3v) is 5.08. The van der Waals surface area contributed by atoms with E-state index >= 15 is 0 Å². The fraction of sp³-hybridized carbons (Fsp3) is 0.273. The summed E-state index contributed by atoms with van der Waals surface area (Å²) >= 11 is 5.80. The highest BCUT2D eigenvalue weighted by Gasteiger charge is 2.36. The summed E-state index contributed by atoms with van der Waals surface area (Å²) < 4.78 is 5.07. The minimum absolute atomic E-state index is 0.0287. The molecule has 2 atom stereocenters. The molecule has 0 bridgehead atoms. The van der Waals surface area contributed by atoms with E-state index in [1.54, 1.807) is 12.1 Å². The van der Waals surface area contributed by atoms with Crippen LogP contribution in [0, 0.1) is 5.92 Å². The van der Waals surface area contributed by atoms with Crippen molar-refractivity contribution in [2.24, 2.45) is 5.92 Å². The molecule has 0 spiro atoms. The number of benzene rings is 2. The molecule has 0 aromatic heterocycles. The molecule has 31 heavy (non-hydrogen) atoms. The second-order valence-electron chi connectivity index (χ2n) is 7.16. The molecule has 0 unspecified atom stereocenters. The van der Waals surface area contributed by atoms with Crippen LogP contribution in [0.1, 0.15) is 35.3 Å². The fourth-order valence-electron chi connectivity index (χ4n) is 3.12. The molecule has 162 valence electrons. The van der Waals surface area contributed by atoms with Crippen molar-refractivity contribution < 1.29 is 23.9 Å². The van der Waals surface area contributed by atoms with Crippen LogP contribution in [0.5, 0.6) is 0 Å². The van der Waals surface area contributed by atoms with Gasteiger partial charge in [0, 0.05) is 17.0 Å². The van der Waals surface area contributed by atoms with Crippen LogP contribution >= 0.6 is 11.6 Å². The Hall–Kier alpha value is -3.39. The predicted molar refractivity (Wildman–Crippen MR) is 113 cm³/mol. The number of carbonyl (C=O) groups is 4. The maximum atomic E-state index is 12.3. The predicted octanol–water partition coefficient (Wildman–Crippen LogP) is 2.25. The maximum absolute atomic E-state index is 12.3. The van der Waals surface area contributed by atoms with Crippen LogP contribution in [0.3, 0.4) is 0 Å². The number of nitrogens with one attached hydrogen (secondary N) is 2. The summed E-state index contributed by atoms with van der Waals surface area (Å²) in [6.07, 6.45) is -0.109. The van der Waals surface area contributed by atoms with Crippen molar-refractivity contribution in [1.29, 1.82) is 0 Å². The molecular formula is C22H22ClN3O5. The zero-order chi connectivity index (χ0) is 22.4. The second-order valence-corrected chi connectivity index (χ2v) is 7.60. The van der Waals surface area contributed by atoms with E-state index in [4.69, 9.17) is 16.3 Å². The van der Waals surface area contributed by atoms with Crippen molar-refractivity contribution >= 4 is 35.3 Å². The topological polar surface area (TPSA) is 105 Å². The van der Waals surface area contributed by atoms with Gasteiger partial charge in [-0.3, -0.25) is 29.6 Å². The van der Waals surface area contributed by atoms with Gasteiger partial charge in [-0.05, 0) is 36.8 Å². The Morgan fingerprint density at radius 3 is 2.48 bits per heavy atom. The molecule has 1 aliphatic rings. The Morgan fingerprint density at radius 2 is 1.81 bits per heavy atom. The standard InChI is InChI=1S/C22H22ClN3O5/c1-14(15-5-3-2-4-6-15)24-19(27)13-31-22(30)17-11-20(28)26(12-17)25-21(29)16-7-9-18(23)10-8-16/h2-10,14,17H,11-13H2,1H3,(H,24,27)(H,25,29)/t14-,17+/m1/s1. The van der Waals surface area contributed by atoms with E-state index in [1.807, 2.05) is 37.3 Å². The lowest BCUT2D eigenvalue weighted by Gasteiger charge is -2.18. The van der Waals surface area contributed by atoms with E-state index in [0.29, 0.717) is 10.6 Å². The minimum Gasteiger partial charge on any atom is -0.455 e. The van der Waals surface area contributed by atoms with Gasteiger partial charge < -0.3 is 10.1 Å². The van der Waals surface area contributed by atoms with Gasteiger partial charge in [-0.2, -0.15) is 0 Å². The first-order chi connectivity index (χ1) is 14.8. The Morgan fingerprint density at radius 1 is 1.13 bits per heavy atom. The first-order valence-corrected chi connectivity index (χ1v) is 10.1. The fourth-order valence-corrected chi connectivity index (χ4v) is 3.25. The number of amides is 3. The van der Waals surface area contributed by atoms with Gasteiger partial charge in [0.1, 0.15) is 0 Å². The van der Waals surface area contributed by atoms with Gasteiger partial charge in [-0.1, -0.05) is 41.9 Å². The normalized spacial score (nSPS) is 16.5. The van der Waals surface area contributed by atoms with E-state index in [0.717, 1.165) is 10.6 Å². The quantitative estimate of drug-likeness (QED) is 0.638. The largest absolute Gasteiger partial charge is 0.455 e. The highest BCUT2D eigenvalue weighted by molar-refractivity contribution is 6.30. The summed E-state index contributed by atoms with van der Waals surface area (Å²) in [4.78, 5) is 48.8. The van der Waals surface area contributed by atoms with Gasteiger partial charge in [-0.15, -0.1) is 0 Å². The van der Waals surface area contributed by atoms with Crippen molar-refractivity contribution in [3.8, 4) is 0 Å². The SMILES string of the molecule is C[C@@H](NC(=O)COC(=O)[C@H]1CC(=O)N(NC(=O)c2ccc(Cl)cc2)C1)c1ccccc1. The van der Waals surface area contributed by atoms with E-state index < -0.39 is 36.2 Å². The van der Waals surface area contributed by atoms with Crippen LogP contribution in [0.25, 0.3) is 0 Å². The van der Waals surface area contributed by atoms with Crippen molar-refractivity contribution in [3.05, 3.63) is 70.7 Å². The van der Waals surface area contributed by atoms with Crippen LogP contribution in [-0.4, -0.2) is 41.9 Å². The van der Waals surface area contributed by atoms with Crippen LogP contribution in [0.15, 0.2) is 54.6 Å². The minimum atomic E-state index is -0.766. The monoisotopic (exact) mass is 443 g/mol. The van der Waals surface area contributed by atoms with E-state index in [1.165, 1.54) is 12.1 Å². The second kappa shape index (κ2) is 10.1. The lowest BCUT2D eigenvalue weighted by Crippen LogP contribution is -2.43. The van der Waals surface area contributed by atoms with Crippen LogP contribution < -0.4 is 10.7 Å². The van der Waals surface area contributed by atoms with E-state index in [9.17, 15) is 19.2 Å². The third-order valence-electron chi connectivity index (χ3n) is 4.82. The number of carbonyl (C=O) groups excluding carboxylic acids is 4. The first-order valence-electron chi connectivity index (χ1n) is 9.71. The average Bonchev–Trinajstić information content (AvgIpc) is 3.13. The van der Waals surface area contributed by atoms with Crippen molar-refractivity contribution in [3.63, 3.8) is 0 Å². The molecule has 3 rings (SSSR count). The Labute approximate surface area is 184 Å². The number of halogens is 1. The highest BCUT2D eigenvalue weighted by atomic mass is 35.5. The molecule has 1 saturated heterocycles. The van der Waals surface area contributed by atoms with Gasteiger partial charge in [0.2, 0.25) is 5.91 Å². The smallest absolute Gasteiger partial charge is 0.311 e. The molecule has 0 saturated carbocycles. The summed E-state index contributed by atoms with van der Waals surface area (Å²) in [5.41, 5.74) is 3.73. The number of esters is 1. The molecule has 2 N–H and O–H groups in total. The Bertz CT molecular complexity index is 965. The van der Waals surface area contributed by atoms with Crippen molar-refractivity contribution in [2.45, 2.75) is 19.4 Å². The van der Waals surface area contributed by atoms with Gasteiger partial charge in [0.25, 0.3) is 11.8 Å². The molecule has 0 aliphatic carbocycles. The molecule has 9 heteroatoms. The molecule has 2 aromatic rings. The Kier molecular flexibility index (Phi) is 7.25. The van der Waals surface area contributed by atoms with Gasteiger partial charge in [0.15, 0.2) is 6.61 Å². The average molecular weight is 444 g/mol. The van der Waals surface area contributed by atoms with Crippen LogP contribution in [0.2, 0.25) is 5.02 Å². The molecular weight excluding hydrogens is 422 g/mol. The summed E-state index contributed by atoms with van der Waals surface area (Å²) in [5, 5.41) is 4.32. The number of hydrogen-bond donors (Lipinski definition) is 2. The summed E-state index contributed by atoms with van der Waals surface area (Å²) in [7, 11) is 0. The maximum Gasteiger partial charge on any atom is 0.311 e. The number of ether oxygens (including phenoxy) is 1. The molecule has 0 radical (unpaired) electrons. The number of nitrogens with zero attached hydrogens (tertiary/aromatic N) is 1. The van der Waals surface area contributed by atoms with Crippen LogP contribution in [0.4, 0.5) is 0 Å². The van der Waals surface area contributed by atoms with E-state index in [-0.39, 0.29) is 19.0 Å². The molecule has 8 nitrogen and oxygen atoms in total. The van der Waals surface area contributed by atoms with Gasteiger partial charge >= 0.3 is 5.97 Å².